The van der Waals surface area contributed by atoms with Gasteiger partial charge >= 0.3 is 0 Å². The molecule has 0 radical (unpaired) electrons. The second kappa shape index (κ2) is 5.30. The fourth-order valence-corrected chi connectivity index (χ4v) is 2.97. The highest BCUT2D eigenvalue weighted by Gasteiger charge is 2.08. The van der Waals surface area contributed by atoms with Gasteiger partial charge in [-0.15, -0.1) is 0 Å². The molecule has 1 atom stereocenters. The summed E-state index contributed by atoms with van der Waals surface area (Å²) in [6.45, 7) is 0. The molecule has 0 spiro atoms. The summed E-state index contributed by atoms with van der Waals surface area (Å²) in [6, 6.07) is 17.1. The summed E-state index contributed by atoms with van der Waals surface area (Å²) < 4.78 is 13.1. The van der Waals surface area contributed by atoms with Crippen molar-refractivity contribution in [2.24, 2.45) is 7.05 Å². The average Bonchev–Trinajstić information content (AvgIpc) is 2.51. The van der Waals surface area contributed by atoms with Gasteiger partial charge < -0.3 is 4.57 Å². The number of nitrogens with zero attached hydrogens (tertiary/aromatic N) is 1. The Hall–Kier alpha value is -2.20. The van der Waals surface area contributed by atoms with Crippen molar-refractivity contribution in [2.45, 2.75) is 4.90 Å². The van der Waals surface area contributed by atoms with E-state index in [0.717, 1.165) is 26.9 Å². The fraction of sp³-hybridized carbons (Fsp3) is 0.118. The Kier molecular flexibility index (Phi) is 3.47. The summed E-state index contributed by atoms with van der Waals surface area (Å²) in [4.78, 5) is 13.2. The molecule has 0 aliphatic carbocycles. The van der Waals surface area contributed by atoms with Gasteiger partial charge in [-0.05, 0) is 35.2 Å². The molecule has 106 valence electrons. The van der Waals surface area contributed by atoms with Crippen LogP contribution in [0, 0.1) is 0 Å². The highest BCUT2D eigenvalue weighted by molar-refractivity contribution is 7.84. The molecule has 0 aliphatic rings. The van der Waals surface area contributed by atoms with Crippen LogP contribution in [0.2, 0.25) is 0 Å². The molecule has 0 saturated heterocycles. The smallest absolute Gasteiger partial charge is 0.258 e. The Balaban J connectivity index is 2.22. The Morgan fingerprint density at radius 3 is 2.33 bits per heavy atom. The lowest BCUT2D eigenvalue weighted by Gasteiger charge is -2.11. The highest BCUT2D eigenvalue weighted by atomic mass is 32.2. The van der Waals surface area contributed by atoms with E-state index in [4.69, 9.17) is 0 Å². The molecule has 3 aromatic rings. The van der Waals surface area contributed by atoms with Crippen LogP contribution in [-0.4, -0.2) is 15.0 Å². The molecule has 3 nitrogen and oxygen atoms in total. The van der Waals surface area contributed by atoms with Crippen LogP contribution >= 0.6 is 0 Å². The van der Waals surface area contributed by atoms with E-state index in [2.05, 4.69) is 0 Å². The molecule has 0 bridgehead atoms. The number of pyridine rings is 1. The van der Waals surface area contributed by atoms with Crippen LogP contribution < -0.4 is 5.56 Å². The highest BCUT2D eigenvalue weighted by Crippen LogP contribution is 2.22. The van der Waals surface area contributed by atoms with E-state index in [0.29, 0.717) is 0 Å². The molecular weight excluding hydrogens is 282 g/mol. The SMILES string of the molecule is Cn1c(-c2ccc(S(C)=O)cc2)cc2ccccc2c1=O. The Morgan fingerprint density at radius 2 is 1.67 bits per heavy atom. The molecule has 1 heterocycles. The van der Waals surface area contributed by atoms with Gasteiger partial charge in [-0.2, -0.15) is 0 Å². The lowest BCUT2D eigenvalue weighted by Crippen LogP contribution is -2.18. The number of hydrogen-bond acceptors (Lipinski definition) is 2. The Labute approximate surface area is 125 Å². The molecule has 3 rings (SSSR count). The van der Waals surface area contributed by atoms with Gasteiger partial charge in [0.25, 0.3) is 5.56 Å². The molecule has 0 aliphatic heterocycles. The zero-order valence-electron chi connectivity index (χ0n) is 11.9. The number of hydrogen-bond donors (Lipinski definition) is 0. The van der Waals surface area contributed by atoms with Gasteiger partial charge in [0.1, 0.15) is 0 Å². The first kappa shape index (κ1) is 13.8. The second-order valence-corrected chi connectivity index (χ2v) is 6.34. The van der Waals surface area contributed by atoms with Crippen LogP contribution in [0.25, 0.3) is 22.0 Å². The number of rotatable bonds is 2. The second-order valence-electron chi connectivity index (χ2n) is 4.96. The third kappa shape index (κ3) is 2.43. The van der Waals surface area contributed by atoms with E-state index in [1.807, 2.05) is 54.6 Å². The summed E-state index contributed by atoms with van der Waals surface area (Å²) in [5.74, 6) is 0. The van der Waals surface area contributed by atoms with Crippen LogP contribution in [0.4, 0.5) is 0 Å². The number of benzene rings is 2. The molecule has 0 N–H and O–H groups in total. The predicted molar refractivity (Wildman–Crippen MR) is 87.0 cm³/mol. The van der Waals surface area contributed by atoms with Crippen LogP contribution in [0.1, 0.15) is 0 Å². The van der Waals surface area contributed by atoms with Gasteiger partial charge in [0, 0.05) is 34.4 Å². The number of aromatic nitrogens is 1. The van der Waals surface area contributed by atoms with Crippen molar-refractivity contribution in [1.82, 2.24) is 4.57 Å². The third-order valence-electron chi connectivity index (χ3n) is 3.63. The maximum Gasteiger partial charge on any atom is 0.258 e. The Bertz CT molecular complexity index is 895. The first-order valence-electron chi connectivity index (χ1n) is 6.60. The molecule has 1 aromatic heterocycles. The third-order valence-corrected chi connectivity index (χ3v) is 4.57. The standard InChI is InChI=1S/C17H15NO2S/c1-18-16(12-7-9-14(10-8-12)21(2)20)11-13-5-3-4-6-15(13)17(18)19/h3-11H,1-2H3. The first-order valence-corrected chi connectivity index (χ1v) is 8.16. The molecule has 2 aromatic carbocycles. The van der Waals surface area contributed by atoms with Gasteiger partial charge in [-0.25, -0.2) is 0 Å². The van der Waals surface area contributed by atoms with Crippen LogP contribution in [-0.2, 0) is 17.8 Å². The molecular formula is C17H15NO2S. The van der Waals surface area contributed by atoms with Crippen molar-refractivity contribution in [1.29, 1.82) is 0 Å². The molecule has 0 amide bonds. The largest absolute Gasteiger partial charge is 0.311 e. The van der Waals surface area contributed by atoms with Crippen molar-refractivity contribution < 1.29 is 4.21 Å². The van der Waals surface area contributed by atoms with Crippen LogP contribution in [0.5, 0.6) is 0 Å². The minimum absolute atomic E-state index is 0.00811. The zero-order valence-corrected chi connectivity index (χ0v) is 12.7. The van der Waals surface area contributed by atoms with Crippen molar-refractivity contribution in [2.75, 3.05) is 6.26 Å². The Morgan fingerprint density at radius 1 is 1.00 bits per heavy atom. The van der Waals surface area contributed by atoms with Gasteiger partial charge in [-0.3, -0.25) is 9.00 Å². The number of fused-ring (bicyclic) bond motifs is 1. The summed E-state index contributed by atoms with van der Waals surface area (Å²) in [6.07, 6.45) is 1.65. The van der Waals surface area contributed by atoms with Crippen molar-refractivity contribution in [3.63, 3.8) is 0 Å². The summed E-state index contributed by atoms with van der Waals surface area (Å²) in [5, 5.41) is 1.65. The van der Waals surface area contributed by atoms with E-state index in [-0.39, 0.29) is 5.56 Å². The van der Waals surface area contributed by atoms with Gasteiger partial charge in [0.15, 0.2) is 0 Å². The maximum atomic E-state index is 12.4. The van der Waals surface area contributed by atoms with E-state index < -0.39 is 10.8 Å². The minimum Gasteiger partial charge on any atom is -0.311 e. The molecule has 0 saturated carbocycles. The van der Waals surface area contributed by atoms with Crippen molar-refractivity contribution >= 4 is 21.6 Å². The minimum atomic E-state index is -0.994. The zero-order chi connectivity index (χ0) is 15.0. The molecule has 4 heteroatoms. The fourth-order valence-electron chi connectivity index (χ4n) is 2.45. The van der Waals surface area contributed by atoms with Gasteiger partial charge in [0.05, 0.1) is 5.69 Å². The molecule has 21 heavy (non-hydrogen) atoms. The van der Waals surface area contributed by atoms with E-state index in [1.165, 1.54) is 0 Å². The summed E-state index contributed by atoms with van der Waals surface area (Å²) in [7, 11) is 0.780. The monoisotopic (exact) mass is 297 g/mol. The molecule has 1 unspecified atom stereocenters. The van der Waals surface area contributed by atoms with E-state index >= 15 is 0 Å². The van der Waals surface area contributed by atoms with E-state index in [1.54, 1.807) is 17.9 Å². The lowest BCUT2D eigenvalue weighted by molar-refractivity contribution is 0.687. The summed E-state index contributed by atoms with van der Waals surface area (Å²) in [5.41, 5.74) is 1.79. The lowest BCUT2D eigenvalue weighted by atomic mass is 10.1. The topological polar surface area (TPSA) is 39.1 Å². The van der Waals surface area contributed by atoms with Crippen molar-refractivity contribution in [3.8, 4) is 11.3 Å². The van der Waals surface area contributed by atoms with Crippen LogP contribution in [0.15, 0.2) is 64.3 Å². The normalized spacial score (nSPS) is 12.5. The quantitative estimate of drug-likeness (QED) is 0.729. The molecule has 0 fully saturated rings. The first-order chi connectivity index (χ1) is 10.1. The maximum absolute atomic E-state index is 12.4. The van der Waals surface area contributed by atoms with E-state index in [9.17, 15) is 9.00 Å². The summed E-state index contributed by atoms with van der Waals surface area (Å²) >= 11 is 0. The average molecular weight is 297 g/mol. The van der Waals surface area contributed by atoms with Gasteiger partial charge in [0.2, 0.25) is 0 Å². The van der Waals surface area contributed by atoms with Gasteiger partial charge in [-0.1, -0.05) is 30.3 Å². The predicted octanol–water partition coefficient (Wildman–Crippen LogP) is 2.94. The van der Waals surface area contributed by atoms with Crippen molar-refractivity contribution in [3.05, 3.63) is 65.0 Å². The van der Waals surface area contributed by atoms with Crippen LogP contribution in [0.3, 0.4) is 0 Å².